The van der Waals surface area contributed by atoms with Gasteiger partial charge < -0.3 is 15.0 Å². The maximum atomic E-state index is 12.5. The Kier molecular flexibility index (Phi) is 4.81. The molecule has 0 unspecified atom stereocenters. The zero-order valence-electron chi connectivity index (χ0n) is 13.4. The molecule has 1 aromatic carbocycles. The van der Waals surface area contributed by atoms with Crippen molar-refractivity contribution in [3.63, 3.8) is 0 Å². The van der Waals surface area contributed by atoms with E-state index in [4.69, 9.17) is 4.74 Å². The van der Waals surface area contributed by atoms with Gasteiger partial charge in [0.25, 0.3) is 0 Å². The summed E-state index contributed by atoms with van der Waals surface area (Å²) in [5, 5.41) is 5.92. The van der Waals surface area contributed by atoms with E-state index in [0.29, 0.717) is 6.54 Å². The normalized spacial score (nSPS) is 17.3. The van der Waals surface area contributed by atoms with Crippen molar-refractivity contribution in [3.8, 4) is 5.75 Å². The molecule has 1 atom stereocenters. The lowest BCUT2D eigenvalue weighted by atomic mass is 10.0. The number of nitrogens with zero attached hydrogens (tertiary/aromatic N) is 2. The molecule has 1 saturated heterocycles. The predicted molar refractivity (Wildman–Crippen MR) is 90.8 cm³/mol. The third-order valence-corrected chi connectivity index (χ3v) is 5.02. The summed E-state index contributed by atoms with van der Waals surface area (Å²) in [5.74, 6) is 0.827. The second-order valence-corrected chi connectivity index (χ2v) is 6.61. The third-order valence-electron chi connectivity index (χ3n) is 4.05. The SMILES string of the molecule is COc1cccc([C@@H]2CCCN2C(=O)NCc2nc(C)cs2)c1. The number of nitrogens with one attached hydrogen (secondary N) is 1. The first-order chi connectivity index (χ1) is 11.2. The number of aromatic nitrogens is 1. The van der Waals surface area contributed by atoms with E-state index in [0.717, 1.165) is 41.4 Å². The van der Waals surface area contributed by atoms with Crippen LogP contribution in [0.1, 0.15) is 35.1 Å². The Morgan fingerprint density at radius 2 is 2.39 bits per heavy atom. The van der Waals surface area contributed by atoms with Gasteiger partial charge in [-0.1, -0.05) is 12.1 Å². The Balaban J connectivity index is 1.66. The van der Waals surface area contributed by atoms with Crippen LogP contribution in [0.15, 0.2) is 29.6 Å². The highest BCUT2D eigenvalue weighted by Crippen LogP contribution is 2.33. The van der Waals surface area contributed by atoms with Crippen molar-refractivity contribution in [1.82, 2.24) is 15.2 Å². The first kappa shape index (κ1) is 15.8. The number of urea groups is 1. The van der Waals surface area contributed by atoms with E-state index < -0.39 is 0 Å². The highest BCUT2D eigenvalue weighted by atomic mass is 32.1. The molecular formula is C17H21N3O2S. The number of thiazole rings is 1. The van der Waals surface area contributed by atoms with E-state index in [2.05, 4.69) is 16.4 Å². The molecule has 1 fully saturated rings. The molecular weight excluding hydrogens is 310 g/mol. The maximum Gasteiger partial charge on any atom is 0.318 e. The Morgan fingerprint density at radius 1 is 1.52 bits per heavy atom. The zero-order chi connectivity index (χ0) is 16.2. The molecule has 1 aliphatic heterocycles. The Morgan fingerprint density at radius 3 is 3.13 bits per heavy atom. The molecule has 2 heterocycles. The third kappa shape index (κ3) is 3.64. The van der Waals surface area contributed by atoms with Crippen LogP contribution in [-0.2, 0) is 6.54 Å². The van der Waals surface area contributed by atoms with E-state index >= 15 is 0 Å². The number of amides is 2. The topological polar surface area (TPSA) is 54.5 Å². The molecule has 5 nitrogen and oxygen atoms in total. The zero-order valence-corrected chi connectivity index (χ0v) is 14.2. The van der Waals surface area contributed by atoms with E-state index in [-0.39, 0.29) is 12.1 Å². The van der Waals surface area contributed by atoms with Crippen molar-refractivity contribution in [3.05, 3.63) is 45.9 Å². The van der Waals surface area contributed by atoms with Gasteiger partial charge in [-0.3, -0.25) is 0 Å². The van der Waals surface area contributed by atoms with Gasteiger partial charge in [-0.15, -0.1) is 11.3 Å². The monoisotopic (exact) mass is 331 g/mol. The van der Waals surface area contributed by atoms with E-state index in [1.165, 1.54) is 0 Å². The summed E-state index contributed by atoms with van der Waals surface area (Å²) in [7, 11) is 1.66. The van der Waals surface area contributed by atoms with Crippen LogP contribution in [0.5, 0.6) is 5.75 Å². The van der Waals surface area contributed by atoms with Gasteiger partial charge in [0, 0.05) is 17.6 Å². The predicted octanol–water partition coefficient (Wildman–Crippen LogP) is 3.51. The van der Waals surface area contributed by atoms with Crippen molar-refractivity contribution >= 4 is 17.4 Å². The van der Waals surface area contributed by atoms with Crippen LogP contribution in [0, 0.1) is 6.92 Å². The number of ether oxygens (including phenoxy) is 1. The van der Waals surface area contributed by atoms with Crippen molar-refractivity contribution in [2.75, 3.05) is 13.7 Å². The molecule has 2 aromatic rings. The quantitative estimate of drug-likeness (QED) is 0.933. The summed E-state index contributed by atoms with van der Waals surface area (Å²) in [6.45, 7) is 3.23. The summed E-state index contributed by atoms with van der Waals surface area (Å²) in [5.41, 5.74) is 2.12. The molecule has 0 aliphatic carbocycles. The van der Waals surface area contributed by atoms with Gasteiger partial charge in [0.1, 0.15) is 10.8 Å². The van der Waals surface area contributed by atoms with Gasteiger partial charge in [-0.25, -0.2) is 9.78 Å². The number of carbonyl (C=O) groups excluding carboxylic acids is 1. The fourth-order valence-electron chi connectivity index (χ4n) is 2.94. The number of carbonyl (C=O) groups is 1. The number of benzene rings is 1. The largest absolute Gasteiger partial charge is 0.497 e. The highest BCUT2D eigenvalue weighted by Gasteiger charge is 2.30. The Hall–Kier alpha value is -2.08. The molecule has 0 spiro atoms. The number of likely N-dealkylation sites (tertiary alicyclic amines) is 1. The van der Waals surface area contributed by atoms with Crippen LogP contribution >= 0.6 is 11.3 Å². The molecule has 0 saturated carbocycles. The minimum Gasteiger partial charge on any atom is -0.497 e. The average molecular weight is 331 g/mol. The molecule has 1 aliphatic rings. The molecule has 1 aromatic heterocycles. The van der Waals surface area contributed by atoms with Crippen molar-refractivity contribution < 1.29 is 9.53 Å². The standard InChI is InChI=1S/C17H21N3O2S/c1-12-11-23-16(19-12)10-18-17(21)20-8-4-7-15(20)13-5-3-6-14(9-13)22-2/h3,5-6,9,11,15H,4,7-8,10H2,1-2H3,(H,18,21)/t15-/m0/s1. The molecule has 1 N–H and O–H groups in total. The van der Waals surface area contributed by atoms with E-state index in [1.54, 1.807) is 18.4 Å². The number of methoxy groups -OCH3 is 1. The highest BCUT2D eigenvalue weighted by molar-refractivity contribution is 7.09. The molecule has 0 radical (unpaired) electrons. The lowest BCUT2D eigenvalue weighted by Gasteiger charge is -2.25. The summed E-state index contributed by atoms with van der Waals surface area (Å²) in [4.78, 5) is 18.8. The lowest BCUT2D eigenvalue weighted by Crippen LogP contribution is -2.39. The van der Waals surface area contributed by atoms with Gasteiger partial charge in [0.2, 0.25) is 0 Å². The van der Waals surface area contributed by atoms with Crippen LogP contribution in [0.4, 0.5) is 4.79 Å². The molecule has 122 valence electrons. The number of hydrogen-bond acceptors (Lipinski definition) is 4. The molecule has 23 heavy (non-hydrogen) atoms. The Bertz CT molecular complexity index is 686. The molecule has 6 heteroatoms. The van der Waals surface area contributed by atoms with E-state index in [1.807, 2.05) is 35.4 Å². The smallest absolute Gasteiger partial charge is 0.318 e. The number of hydrogen-bond donors (Lipinski definition) is 1. The van der Waals surface area contributed by atoms with Crippen LogP contribution in [-0.4, -0.2) is 29.6 Å². The number of aryl methyl sites for hydroxylation is 1. The Labute approximate surface area is 140 Å². The van der Waals surface area contributed by atoms with Gasteiger partial charge in [0.05, 0.1) is 19.7 Å². The van der Waals surface area contributed by atoms with Crippen LogP contribution < -0.4 is 10.1 Å². The van der Waals surface area contributed by atoms with Gasteiger partial charge in [-0.2, -0.15) is 0 Å². The molecule has 2 amide bonds. The van der Waals surface area contributed by atoms with Gasteiger partial charge >= 0.3 is 6.03 Å². The number of rotatable bonds is 4. The van der Waals surface area contributed by atoms with Gasteiger partial charge in [0.15, 0.2) is 0 Å². The van der Waals surface area contributed by atoms with Crippen molar-refractivity contribution in [2.45, 2.75) is 32.4 Å². The summed E-state index contributed by atoms with van der Waals surface area (Å²) < 4.78 is 5.29. The van der Waals surface area contributed by atoms with Crippen LogP contribution in [0.2, 0.25) is 0 Å². The molecule has 0 bridgehead atoms. The summed E-state index contributed by atoms with van der Waals surface area (Å²) in [6, 6.07) is 8.06. The fourth-order valence-corrected chi connectivity index (χ4v) is 3.65. The average Bonchev–Trinajstić information content (AvgIpc) is 3.21. The van der Waals surface area contributed by atoms with Crippen molar-refractivity contribution in [2.24, 2.45) is 0 Å². The minimum absolute atomic E-state index is 0.0248. The molecule has 3 rings (SSSR count). The summed E-state index contributed by atoms with van der Waals surface area (Å²) in [6.07, 6.45) is 2.00. The first-order valence-corrected chi connectivity index (χ1v) is 8.65. The second-order valence-electron chi connectivity index (χ2n) is 5.67. The van der Waals surface area contributed by atoms with E-state index in [9.17, 15) is 4.79 Å². The van der Waals surface area contributed by atoms with Crippen molar-refractivity contribution in [1.29, 1.82) is 0 Å². The minimum atomic E-state index is -0.0248. The first-order valence-electron chi connectivity index (χ1n) is 7.77. The maximum absolute atomic E-state index is 12.5. The van der Waals surface area contributed by atoms with Crippen LogP contribution in [0.3, 0.4) is 0 Å². The van der Waals surface area contributed by atoms with Gasteiger partial charge in [-0.05, 0) is 37.5 Å². The summed E-state index contributed by atoms with van der Waals surface area (Å²) >= 11 is 1.58. The fraction of sp³-hybridized carbons (Fsp3) is 0.412. The lowest BCUT2D eigenvalue weighted by molar-refractivity contribution is 0.192. The van der Waals surface area contributed by atoms with Crippen LogP contribution in [0.25, 0.3) is 0 Å². The second kappa shape index (κ2) is 7.00.